The van der Waals surface area contributed by atoms with Crippen LogP contribution in [-0.4, -0.2) is 57.0 Å². The van der Waals surface area contributed by atoms with Crippen molar-refractivity contribution in [2.75, 3.05) is 40.0 Å². The number of hydrogen-bond donors (Lipinski definition) is 1. The van der Waals surface area contributed by atoms with E-state index in [1.807, 2.05) is 0 Å². The zero-order chi connectivity index (χ0) is 10.4. The molecule has 0 aromatic rings. The SMILES string of the molecule is COCCC(N)CN1CCOCC1C. The first kappa shape index (κ1) is 11.9. The van der Waals surface area contributed by atoms with Gasteiger partial charge in [-0.1, -0.05) is 0 Å². The van der Waals surface area contributed by atoms with Gasteiger partial charge in [-0.3, -0.25) is 4.90 Å². The van der Waals surface area contributed by atoms with E-state index in [-0.39, 0.29) is 6.04 Å². The second kappa shape index (κ2) is 6.35. The Morgan fingerprint density at radius 3 is 3.07 bits per heavy atom. The van der Waals surface area contributed by atoms with Gasteiger partial charge >= 0.3 is 0 Å². The molecule has 0 aromatic carbocycles. The van der Waals surface area contributed by atoms with Gasteiger partial charge in [-0.25, -0.2) is 0 Å². The minimum atomic E-state index is 0.218. The Labute approximate surface area is 86.3 Å². The maximum Gasteiger partial charge on any atom is 0.0619 e. The summed E-state index contributed by atoms with van der Waals surface area (Å²) in [5.74, 6) is 0. The summed E-state index contributed by atoms with van der Waals surface area (Å²) >= 11 is 0. The van der Waals surface area contributed by atoms with Crippen molar-refractivity contribution in [1.82, 2.24) is 4.90 Å². The predicted octanol–water partition coefficient (Wildman–Crippen LogP) is 0.0709. The second-order valence-electron chi connectivity index (χ2n) is 3.96. The predicted molar refractivity (Wildman–Crippen MR) is 56.3 cm³/mol. The van der Waals surface area contributed by atoms with Crippen LogP contribution in [0.1, 0.15) is 13.3 Å². The molecule has 14 heavy (non-hydrogen) atoms. The van der Waals surface area contributed by atoms with Gasteiger partial charge in [-0.05, 0) is 13.3 Å². The van der Waals surface area contributed by atoms with Crippen molar-refractivity contribution in [3.05, 3.63) is 0 Å². The highest BCUT2D eigenvalue weighted by Crippen LogP contribution is 2.07. The number of methoxy groups -OCH3 is 1. The van der Waals surface area contributed by atoms with Crippen LogP contribution in [0.2, 0.25) is 0 Å². The van der Waals surface area contributed by atoms with E-state index in [4.69, 9.17) is 15.2 Å². The number of nitrogens with two attached hydrogens (primary N) is 1. The molecule has 2 N–H and O–H groups in total. The number of hydrogen-bond acceptors (Lipinski definition) is 4. The zero-order valence-electron chi connectivity index (χ0n) is 9.24. The lowest BCUT2D eigenvalue weighted by Gasteiger charge is -2.34. The summed E-state index contributed by atoms with van der Waals surface area (Å²) in [5, 5.41) is 0. The molecule has 1 fully saturated rings. The van der Waals surface area contributed by atoms with Crippen LogP contribution in [0.4, 0.5) is 0 Å². The molecule has 4 nitrogen and oxygen atoms in total. The number of ether oxygens (including phenoxy) is 2. The molecule has 1 heterocycles. The van der Waals surface area contributed by atoms with Crippen LogP contribution in [0, 0.1) is 0 Å². The van der Waals surface area contributed by atoms with Gasteiger partial charge in [0, 0.05) is 38.9 Å². The third kappa shape index (κ3) is 3.92. The molecule has 0 aromatic heterocycles. The van der Waals surface area contributed by atoms with Crippen molar-refractivity contribution in [2.45, 2.75) is 25.4 Å². The Morgan fingerprint density at radius 2 is 2.43 bits per heavy atom. The molecule has 0 saturated carbocycles. The average Bonchev–Trinajstić information content (AvgIpc) is 2.18. The molecule has 0 bridgehead atoms. The first-order chi connectivity index (χ1) is 6.74. The van der Waals surface area contributed by atoms with E-state index >= 15 is 0 Å². The van der Waals surface area contributed by atoms with Crippen LogP contribution >= 0.6 is 0 Å². The van der Waals surface area contributed by atoms with Gasteiger partial charge in [0.2, 0.25) is 0 Å². The summed E-state index contributed by atoms with van der Waals surface area (Å²) in [4.78, 5) is 2.39. The minimum Gasteiger partial charge on any atom is -0.385 e. The van der Waals surface area contributed by atoms with Crippen LogP contribution in [0.25, 0.3) is 0 Å². The average molecular weight is 202 g/mol. The van der Waals surface area contributed by atoms with E-state index in [9.17, 15) is 0 Å². The lowest BCUT2D eigenvalue weighted by molar-refractivity contribution is -0.00385. The third-order valence-corrected chi connectivity index (χ3v) is 2.67. The van der Waals surface area contributed by atoms with Crippen molar-refractivity contribution < 1.29 is 9.47 Å². The Hall–Kier alpha value is -0.160. The largest absolute Gasteiger partial charge is 0.385 e. The fraction of sp³-hybridized carbons (Fsp3) is 1.00. The Kier molecular flexibility index (Phi) is 5.40. The number of nitrogens with zero attached hydrogens (tertiary/aromatic N) is 1. The first-order valence-electron chi connectivity index (χ1n) is 5.30. The van der Waals surface area contributed by atoms with Gasteiger partial charge in [0.05, 0.1) is 13.2 Å². The van der Waals surface area contributed by atoms with E-state index in [1.165, 1.54) is 0 Å². The van der Waals surface area contributed by atoms with Crippen LogP contribution in [0.5, 0.6) is 0 Å². The van der Waals surface area contributed by atoms with Gasteiger partial charge in [0.15, 0.2) is 0 Å². The van der Waals surface area contributed by atoms with Gasteiger partial charge in [-0.15, -0.1) is 0 Å². The van der Waals surface area contributed by atoms with E-state index in [1.54, 1.807) is 7.11 Å². The van der Waals surface area contributed by atoms with Crippen LogP contribution in [0.15, 0.2) is 0 Å². The molecule has 84 valence electrons. The monoisotopic (exact) mass is 202 g/mol. The molecular formula is C10H22N2O2. The van der Waals surface area contributed by atoms with Crippen molar-refractivity contribution in [3.63, 3.8) is 0 Å². The Morgan fingerprint density at radius 1 is 1.64 bits per heavy atom. The third-order valence-electron chi connectivity index (χ3n) is 2.67. The highest BCUT2D eigenvalue weighted by atomic mass is 16.5. The summed E-state index contributed by atoms with van der Waals surface area (Å²) in [5.41, 5.74) is 5.99. The number of rotatable bonds is 5. The van der Waals surface area contributed by atoms with Gasteiger partial charge < -0.3 is 15.2 Å². The second-order valence-corrected chi connectivity index (χ2v) is 3.96. The Balaban J connectivity index is 2.20. The molecule has 0 spiro atoms. The molecule has 1 rings (SSSR count). The highest BCUT2D eigenvalue weighted by molar-refractivity contribution is 4.75. The smallest absolute Gasteiger partial charge is 0.0619 e. The van der Waals surface area contributed by atoms with E-state index in [2.05, 4.69) is 11.8 Å². The van der Waals surface area contributed by atoms with Crippen LogP contribution in [-0.2, 0) is 9.47 Å². The lowest BCUT2D eigenvalue weighted by atomic mass is 10.1. The molecule has 1 aliphatic rings. The topological polar surface area (TPSA) is 47.7 Å². The fourth-order valence-corrected chi connectivity index (χ4v) is 1.69. The molecule has 2 atom stereocenters. The van der Waals surface area contributed by atoms with Crippen molar-refractivity contribution in [2.24, 2.45) is 5.73 Å². The van der Waals surface area contributed by atoms with E-state index in [0.717, 1.165) is 39.3 Å². The fourth-order valence-electron chi connectivity index (χ4n) is 1.69. The summed E-state index contributed by atoms with van der Waals surface area (Å²) in [6.07, 6.45) is 0.931. The highest BCUT2D eigenvalue weighted by Gasteiger charge is 2.20. The molecule has 0 amide bonds. The lowest BCUT2D eigenvalue weighted by Crippen LogP contribution is -2.48. The Bertz CT molecular complexity index is 155. The zero-order valence-corrected chi connectivity index (χ0v) is 9.24. The van der Waals surface area contributed by atoms with Crippen molar-refractivity contribution in [1.29, 1.82) is 0 Å². The first-order valence-corrected chi connectivity index (χ1v) is 5.30. The standard InChI is InChI=1S/C10H22N2O2/c1-9-8-14-6-4-12(9)7-10(11)3-5-13-2/h9-10H,3-8,11H2,1-2H3. The minimum absolute atomic E-state index is 0.218. The van der Waals surface area contributed by atoms with Gasteiger partial charge in [0.25, 0.3) is 0 Å². The summed E-state index contributed by atoms with van der Waals surface area (Å²) in [6, 6.07) is 0.716. The van der Waals surface area contributed by atoms with Gasteiger partial charge in [-0.2, -0.15) is 0 Å². The van der Waals surface area contributed by atoms with E-state index in [0.29, 0.717) is 6.04 Å². The molecular weight excluding hydrogens is 180 g/mol. The summed E-state index contributed by atoms with van der Waals surface area (Å²) in [6.45, 7) is 6.55. The van der Waals surface area contributed by atoms with Crippen LogP contribution in [0.3, 0.4) is 0 Å². The number of morpholine rings is 1. The molecule has 0 aliphatic carbocycles. The molecule has 2 unspecified atom stereocenters. The van der Waals surface area contributed by atoms with Gasteiger partial charge in [0.1, 0.15) is 0 Å². The maximum absolute atomic E-state index is 5.99. The van der Waals surface area contributed by atoms with E-state index < -0.39 is 0 Å². The van der Waals surface area contributed by atoms with Crippen molar-refractivity contribution in [3.8, 4) is 0 Å². The van der Waals surface area contributed by atoms with Crippen LogP contribution < -0.4 is 5.73 Å². The molecule has 4 heteroatoms. The molecule has 1 aliphatic heterocycles. The normalized spacial score (nSPS) is 26.4. The molecule has 0 radical (unpaired) electrons. The maximum atomic E-state index is 5.99. The summed E-state index contributed by atoms with van der Waals surface area (Å²) < 4.78 is 10.4. The molecule has 1 saturated heterocycles. The summed E-state index contributed by atoms with van der Waals surface area (Å²) in [7, 11) is 1.71. The quantitative estimate of drug-likeness (QED) is 0.685. The van der Waals surface area contributed by atoms with Crippen molar-refractivity contribution >= 4 is 0 Å².